The highest BCUT2D eigenvalue weighted by Crippen LogP contribution is 2.28. The summed E-state index contributed by atoms with van der Waals surface area (Å²) in [6, 6.07) is 13.3. The minimum Gasteiger partial charge on any atom is -0.493 e. The first-order valence-electron chi connectivity index (χ1n) is 7.79. The zero-order valence-electron chi connectivity index (χ0n) is 13.7. The van der Waals surface area contributed by atoms with Crippen LogP contribution in [0.4, 0.5) is 0 Å². The highest BCUT2D eigenvalue weighted by atomic mass is 32.1. The molecule has 1 aliphatic heterocycles. The third-order valence-corrected chi connectivity index (χ3v) is 4.89. The summed E-state index contributed by atoms with van der Waals surface area (Å²) in [5.41, 5.74) is 2.71. The van der Waals surface area contributed by atoms with Gasteiger partial charge in [-0.15, -0.1) is 0 Å². The van der Waals surface area contributed by atoms with Gasteiger partial charge in [0.1, 0.15) is 0 Å². The number of hydrogen-bond acceptors (Lipinski definition) is 5. The molecule has 4 rings (SSSR count). The molecule has 0 fully saturated rings. The van der Waals surface area contributed by atoms with E-state index in [1.165, 1.54) is 4.57 Å². The molecule has 25 heavy (non-hydrogen) atoms. The van der Waals surface area contributed by atoms with Gasteiger partial charge in [0.2, 0.25) is 5.88 Å². The molecule has 5 nitrogen and oxygen atoms in total. The van der Waals surface area contributed by atoms with E-state index in [-0.39, 0.29) is 10.8 Å². The van der Waals surface area contributed by atoms with Crippen molar-refractivity contribution >= 4 is 17.4 Å². The number of para-hydroxylation sites is 2. The number of hydrogen-bond donors (Lipinski definition) is 1. The Labute approximate surface area is 147 Å². The van der Waals surface area contributed by atoms with Crippen LogP contribution in [0, 0.1) is 13.8 Å². The maximum Gasteiger partial charge on any atom is 0.315 e. The Hall–Kier alpha value is -2.99. The summed E-state index contributed by atoms with van der Waals surface area (Å²) in [4.78, 5) is 21.4. The molecule has 1 aliphatic rings. The predicted octanol–water partition coefficient (Wildman–Crippen LogP) is 2.47. The maximum atomic E-state index is 12.4. The maximum absolute atomic E-state index is 12.4. The van der Waals surface area contributed by atoms with Crippen LogP contribution in [0.2, 0.25) is 0 Å². The van der Waals surface area contributed by atoms with Crippen LogP contribution in [0.5, 0.6) is 5.88 Å². The number of benzene rings is 2. The molecule has 0 saturated carbocycles. The lowest BCUT2D eigenvalue weighted by molar-refractivity contribution is 0.439. The van der Waals surface area contributed by atoms with E-state index in [4.69, 9.17) is 0 Å². The normalized spacial score (nSPS) is 12.5. The molecule has 0 unspecified atom stereocenters. The van der Waals surface area contributed by atoms with Crippen LogP contribution in [0.3, 0.4) is 0 Å². The molecular formula is C19H15N3O2S. The van der Waals surface area contributed by atoms with Crippen LogP contribution in [0.25, 0.3) is 11.8 Å². The van der Waals surface area contributed by atoms with E-state index in [0.717, 1.165) is 33.2 Å². The molecule has 0 saturated heterocycles. The Morgan fingerprint density at radius 3 is 2.40 bits per heavy atom. The number of nitrogens with zero attached hydrogens (tertiary/aromatic N) is 3. The fraction of sp³-hybridized carbons (Fsp3) is 0.105. The van der Waals surface area contributed by atoms with Crippen molar-refractivity contribution in [2.75, 3.05) is 0 Å². The zero-order chi connectivity index (χ0) is 17.6. The highest BCUT2D eigenvalue weighted by Gasteiger charge is 2.16. The summed E-state index contributed by atoms with van der Waals surface area (Å²) in [6.45, 7) is 3.91. The molecule has 0 atom stereocenters. The summed E-state index contributed by atoms with van der Waals surface area (Å²) >= 11 is 0.975. The molecule has 0 aliphatic carbocycles. The molecule has 3 aromatic rings. The first kappa shape index (κ1) is 15.5. The number of aromatic nitrogens is 1. The molecular weight excluding hydrogens is 334 g/mol. The third-order valence-electron chi connectivity index (χ3n) is 4.02. The van der Waals surface area contributed by atoms with Gasteiger partial charge in [-0.2, -0.15) is 0 Å². The van der Waals surface area contributed by atoms with Crippen molar-refractivity contribution in [1.82, 2.24) is 4.57 Å². The van der Waals surface area contributed by atoms with Crippen LogP contribution in [-0.2, 0) is 0 Å². The van der Waals surface area contributed by atoms with Gasteiger partial charge in [0.25, 0.3) is 0 Å². The minimum absolute atomic E-state index is 0.0872. The van der Waals surface area contributed by atoms with E-state index < -0.39 is 0 Å². The van der Waals surface area contributed by atoms with Crippen molar-refractivity contribution in [3.05, 3.63) is 84.7 Å². The van der Waals surface area contributed by atoms with Crippen molar-refractivity contribution < 1.29 is 5.11 Å². The van der Waals surface area contributed by atoms with Gasteiger partial charge < -0.3 is 5.11 Å². The Bertz CT molecular complexity index is 1170. The Morgan fingerprint density at radius 2 is 1.76 bits per heavy atom. The first-order chi connectivity index (χ1) is 12.0. The van der Waals surface area contributed by atoms with E-state index in [1.807, 2.05) is 56.3 Å². The fourth-order valence-corrected chi connectivity index (χ4v) is 3.66. The lowest BCUT2D eigenvalue weighted by atomic mass is 10.1. The van der Waals surface area contributed by atoms with Gasteiger partial charge in [0.15, 0.2) is 5.82 Å². The average molecular weight is 349 g/mol. The van der Waals surface area contributed by atoms with Crippen LogP contribution in [0.15, 0.2) is 63.1 Å². The van der Waals surface area contributed by atoms with Crippen LogP contribution in [-0.4, -0.2) is 9.67 Å². The SMILES string of the molecule is Cc1ccc(-n2c(O)c(C=C3N=c4ccccc4=N3)sc2=O)c(C)c1. The number of fused-ring (bicyclic) bond motifs is 1. The standard InChI is InChI=1S/C19H15N3O2S/c1-11-7-8-15(12(2)9-11)22-18(23)16(25-19(22)24)10-17-20-13-5-3-4-6-14(13)21-17/h3-10,23H,1-2H3. The van der Waals surface area contributed by atoms with Crippen LogP contribution >= 0.6 is 11.3 Å². The number of aryl methyl sites for hydroxylation is 2. The fourth-order valence-electron chi connectivity index (χ4n) is 2.85. The molecule has 124 valence electrons. The van der Waals surface area contributed by atoms with Crippen molar-refractivity contribution in [2.45, 2.75) is 13.8 Å². The largest absolute Gasteiger partial charge is 0.493 e. The van der Waals surface area contributed by atoms with E-state index in [1.54, 1.807) is 6.08 Å². The van der Waals surface area contributed by atoms with Crippen molar-refractivity contribution in [1.29, 1.82) is 0 Å². The van der Waals surface area contributed by atoms with Gasteiger partial charge >= 0.3 is 4.87 Å². The molecule has 0 spiro atoms. The van der Waals surface area contributed by atoms with Gasteiger partial charge in [-0.1, -0.05) is 41.2 Å². The summed E-state index contributed by atoms with van der Waals surface area (Å²) in [5.74, 6) is 0.390. The van der Waals surface area contributed by atoms with Crippen LogP contribution < -0.4 is 15.6 Å². The highest BCUT2D eigenvalue weighted by molar-refractivity contribution is 7.10. The molecule has 2 aromatic carbocycles. The monoisotopic (exact) mass is 349 g/mol. The van der Waals surface area contributed by atoms with Gasteiger partial charge in [-0.25, -0.2) is 14.6 Å². The Morgan fingerprint density at radius 1 is 1.08 bits per heavy atom. The van der Waals surface area contributed by atoms with E-state index >= 15 is 0 Å². The van der Waals surface area contributed by atoms with Gasteiger partial charge in [0, 0.05) is 6.08 Å². The predicted molar refractivity (Wildman–Crippen MR) is 97.8 cm³/mol. The van der Waals surface area contributed by atoms with Crippen molar-refractivity contribution in [3.8, 4) is 11.6 Å². The third kappa shape index (κ3) is 2.70. The van der Waals surface area contributed by atoms with Crippen LogP contribution in [0.1, 0.15) is 16.0 Å². The molecule has 0 radical (unpaired) electrons. The first-order valence-corrected chi connectivity index (χ1v) is 8.61. The smallest absolute Gasteiger partial charge is 0.315 e. The second-order valence-corrected chi connectivity index (χ2v) is 6.89. The second-order valence-electron chi connectivity index (χ2n) is 5.90. The second kappa shape index (κ2) is 5.82. The average Bonchev–Trinajstić information content (AvgIpc) is 3.09. The molecule has 1 aromatic heterocycles. The van der Waals surface area contributed by atoms with Crippen molar-refractivity contribution in [3.63, 3.8) is 0 Å². The topological polar surface area (TPSA) is 66.9 Å². The molecule has 2 heterocycles. The Balaban J connectivity index is 1.83. The van der Waals surface area contributed by atoms with Gasteiger partial charge in [-0.05, 0) is 37.6 Å². The van der Waals surface area contributed by atoms with E-state index in [9.17, 15) is 9.90 Å². The van der Waals surface area contributed by atoms with Gasteiger partial charge in [0.05, 0.1) is 21.3 Å². The Kier molecular flexibility index (Phi) is 3.62. The number of aromatic hydroxyl groups is 1. The lowest BCUT2D eigenvalue weighted by Gasteiger charge is -2.08. The molecule has 1 N–H and O–H groups in total. The number of thiazole rings is 1. The number of rotatable bonds is 2. The van der Waals surface area contributed by atoms with Crippen molar-refractivity contribution in [2.24, 2.45) is 9.98 Å². The lowest BCUT2D eigenvalue weighted by Crippen LogP contribution is -2.19. The summed E-state index contributed by atoms with van der Waals surface area (Å²) in [6.07, 6.45) is 1.64. The van der Waals surface area contributed by atoms with E-state index in [0.29, 0.717) is 16.4 Å². The molecule has 6 heteroatoms. The zero-order valence-corrected chi connectivity index (χ0v) is 14.5. The summed E-state index contributed by atoms with van der Waals surface area (Å²) in [5, 5.41) is 12.2. The van der Waals surface area contributed by atoms with E-state index in [2.05, 4.69) is 9.98 Å². The summed E-state index contributed by atoms with van der Waals surface area (Å²) < 4.78 is 1.33. The van der Waals surface area contributed by atoms with Gasteiger partial charge in [-0.3, -0.25) is 4.79 Å². The molecule has 0 amide bonds. The summed E-state index contributed by atoms with van der Waals surface area (Å²) in [7, 11) is 0. The minimum atomic E-state index is -0.244. The molecule has 0 bridgehead atoms. The quantitative estimate of drug-likeness (QED) is 0.772.